The number of aliphatic carboxylic acids is 1. The first-order chi connectivity index (χ1) is 13.6. The summed E-state index contributed by atoms with van der Waals surface area (Å²) in [5, 5.41) is 12.3. The molecule has 2 amide bonds. The number of hydrogen-bond donors (Lipinski definition) is 2. The number of amides is 2. The Bertz CT molecular complexity index is 730. The molecule has 4 heterocycles. The van der Waals surface area contributed by atoms with Crippen LogP contribution >= 0.6 is 0 Å². The van der Waals surface area contributed by atoms with Gasteiger partial charge in [-0.1, -0.05) is 6.07 Å². The summed E-state index contributed by atoms with van der Waals surface area (Å²) in [6, 6.07) is 4.46. The zero-order chi connectivity index (χ0) is 19.5. The molecule has 28 heavy (non-hydrogen) atoms. The van der Waals surface area contributed by atoms with Crippen molar-refractivity contribution in [3.05, 3.63) is 23.4 Å². The molecule has 0 saturated carbocycles. The second kappa shape index (κ2) is 8.37. The van der Waals surface area contributed by atoms with Gasteiger partial charge in [0.15, 0.2) is 0 Å². The molecule has 0 aliphatic carbocycles. The zero-order valence-corrected chi connectivity index (χ0v) is 16.4. The second-order valence-corrected chi connectivity index (χ2v) is 8.46. The first-order valence-corrected chi connectivity index (χ1v) is 10.6. The maximum absolute atomic E-state index is 12.8. The minimum absolute atomic E-state index is 0.122. The van der Waals surface area contributed by atoms with Gasteiger partial charge >= 0.3 is 12.0 Å². The van der Waals surface area contributed by atoms with Gasteiger partial charge in [-0.15, -0.1) is 0 Å². The van der Waals surface area contributed by atoms with E-state index in [2.05, 4.69) is 17.4 Å². The third-order valence-corrected chi connectivity index (χ3v) is 6.35. The number of carbonyl (C=O) groups excluding carboxylic acids is 1. The Balaban J connectivity index is 1.27. The number of carboxylic acid groups (broad SMARTS) is 1. The number of hydrogen-bond acceptors (Lipinski definition) is 4. The van der Waals surface area contributed by atoms with Crippen molar-refractivity contribution in [1.82, 2.24) is 14.8 Å². The molecule has 3 aliphatic heterocycles. The number of likely N-dealkylation sites (tertiary alicyclic amines) is 2. The van der Waals surface area contributed by atoms with E-state index in [0.29, 0.717) is 19.0 Å². The van der Waals surface area contributed by atoms with E-state index in [9.17, 15) is 9.59 Å². The van der Waals surface area contributed by atoms with Crippen molar-refractivity contribution in [2.45, 2.75) is 44.9 Å². The summed E-state index contributed by atoms with van der Waals surface area (Å²) in [5.41, 5.74) is 2.42. The number of nitrogens with one attached hydrogen (secondary N) is 1. The van der Waals surface area contributed by atoms with E-state index in [1.54, 1.807) is 0 Å². The first-order valence-electron chi connectivity index (χ1n) is 10.6. The van der Waals surface area contributed by atoms with Crippen molar-refractivity contribution in [2.24, 2.45) is 11.8 Å². The Morgan fingerprint density at radius 3 is 2.64 bits per heavy atom. The highest BCUT2D eigenvalue weighted by molar-refractivity contribution is 5.75. The van der Waals surface area contributed by atoms with Crippen LogP contribution in [0.25, 0.3) is 0 Å². The van der Waals surface area contributed by atoms with Crippen molar-refractivity contribution >= 4 is 17.8 Å². The van der Waals surface area contributed by atoms with Gasteiger partial charge in [0.05, 0.1) is 0 Å². The minimum atomic E-state index is -0.738. The highest BCUT2D eigenvalue weighted by Crippen LogP contribution is 2.26. The van der Waals surface area contributed by atoms with Crippen molar-refractivity contribution < 1.29 is 14.7 Å². The summed E-state index contributed by atoms with van der Waals surface area (Å²) < 4.78 is 0. The van der Waals surface area contributed by atoms with Gasteiger partial charge in [0.1, 0.15) is 5.82 Å². The molecule has 2 saturated heterocycles. The summed E-state index contributed by atoms with van der Waals surface area (Å²) in [7, 11) is 0. The van der Waals surface area contributed by atoms with Crippen LogP contribution in [0.4, 0.5) is 10.6 Å². The Kier molecular flexibility index (Phi) is 5.69. The predicted molar refractivity (Wildman–Crippen MR) is 106 cm³/mol. The molecule has 3 aliphatic rings. The number of pyridine rings is 1. The van der Waals surface area contributed by atoms with Crippen molar-refractivity contribution in [2.75, 3.05) is 38.0 Å². The number of nitrogens with zero attached hydrogens (tertiary/aromatic N) is 3. The van der Waals surface area contributed by atoms with Gasteiger partial charge in [0, 0.05) is 44.8 Å². The molecule has 1 aromatic rings. The number of carboxylic acids is 1. The van der Waals surface area contributed by atoms with Gasteiger partial charge in [-0.2, -0.15) is 0 Å². The number of carbonyl (C=O) groups is 2. The molecule has 152 valence electrons. The Morgan fingerprint density at radius 1 is 1.11 bits per heavy atom. The van der Waals surface area contributed by atoms with E-state index < -0.39 is 5.97 Å². The van der Waals surface area contributed by atoms with E-state index in [1.165, 1.54) is 12.0 Å². The predicted octanol–water partition coefficient (Wildman–Crippen LogP) is 2.61. The minimum Gasteiger partial charge on any atom is -0.481 e. The summed E-state index contributed by atoms with van der Waals surface area (Å²) in [4.78, 5) is 32.4. The highest BCUT2D eigenvalue weighted by atomic mass is 16.4. The van der Waals surface area contributed by atoms with Crippen LogP contribution in [0.1, 0.15) is 43.4 Å². The molecular weight excluding hydrogens is 356 g/mol. The lowest BCUT2D eigenvalue weighted by atomic mass is 9.94. The van der Waals surface area contributed by atoms with Gasteiger partial charge in [-0.25, -0.2) is 9.78 Å². The number of anilines is 1. The smallest absolute Gasteiger partial charge is 0.320 e. The van der Waals surface area contributed by atoms with Crippen LogP contribution in [0, 0.1) is 11.8 Å². The molecule has 0 aromatic carbocycles. The van der Waals surface area contributed by atoms with Crippen molar-refractivity contribution in [3.8, 4) is 0 Å². The van der Waals surface area contributed by atoms with Gasteiger partial charge in [0.2, 0.25) is 0 Å². The van der Waals surface area contributed by atoms with E-state index in [-0.39, 0.29) is 18.4 Å². The molecule has 4 rings (SSSR count). The van der Waals surface area contributed by atoms with Gasteiger partial charge in [-0.3, -0.25) is 4.79 Å². The Morgan fingerprint density at radius 2 is 1.86 bits per heavy atom. The van der Waals surface area contributed by atoms with E-state index in [4.69, 9.17) is 10.1 Å². The fourth-order valence-corrected chi connectivity index (χ4v) is 4.73. The van der Waals surface area contributed by atoms with Crippen LogP contribution < -0.4 is 5.32 Å². The van der Waals surface area contributed by atoms with E-state index in [0.717, 1.165) is 63.3 Å². The zero-order valence-electron chi connectivity index (χ0n) is 16.4. The molecule has 0 bridgehead atoms. The van der Waals surface area contributed by atoms with Gasteiger partial charge < -0.3 is 20.2 Å². The maximum Gasteiger partial charge on any atom is 0.320 e. The second-order valence-electron chi connectivity index (χ2n) is 8.46. The third kappa shape index (κ3) is 4.39. The summed E-state index contributed by atoms with van der Waals surface area (Å²) >= 11 is 0. The van der Waals surface area contributed by atoms with Crippen LogP contribution in [0.5, 0.6) is 0 Å². The topological polar surface area (TPSA) is 85.8 Å². The van der Waals surface area contributed by atoms with E-state index >= 15 is 0 Å². The number of aryl methyl sites for hydroxylation is 1. The fraction of sp³-hybridized carbons (Fsp3) is 0.667. The van der Waals surface area contributed by atoms with Crippen LogP contribution in [-0.2, 0) is 17.6 Å². The van der Waals surface area contributed by atoms with Crippen LogP contribution in [0.3, 0.4) is 0 Å². The lowest BCUT2D eigenvalue weighted by molar-refractivity contribution is -0.138. The molecule has 1 aromatic heterocycles. The summed E-state index contributed by atoms with van der Waals surface area (Å²) in [5.74, 6) is 0.969. The molecule has 2 N–H and O–H groups in total. The van der Waals surface area contributed by atoms with Crippen molar-refractivity contribution in [1.29, 1.82) is 0 Å². The Labute approximate surface area is 166 Å². The van der Waals surface area contributed by atoms with Gasteiger partial charge in [-0.05, 0) is 62.0 Å². The highest BCUT2D eigenvalue weighted by Gasteiger charge is 2.32. The standard InChI is InChI=1S/C21H30N4O3/c26-19(27)13-15-5-9-24(10-6-15)21(28)25-11-7-16(14-25)12-18-4-3-17-2-1-8-22-20(17)23-18/h3-4,15-16H,1-2,5-14H2,(H,22,23)(H,26,27). The summed E-state index contributed by atoms with van der Waals surface area (Å²) in [6.07, 6.45) is 6.01. The number of urea groups is 1. The molecular formula is C21H30N4O3. The lowest BCUT2D eigenvalue weighted by Crippen LogP contribution is -2.46. The summed E-state index contributed by atoms with van der Waals surface area (Å²) in [6.45, 7) is 3.95. The molecule has 1 atom stereocenters. The molecule has 0 spiro atoms. The normalized spacial score (nSPS) is 22.6. The first kappa shape index (κ1) is 19.0. The van der Waals surface area contributed by atoms with Gasteiger partial charge in [0.25, 0.3) is 0 Å². The number of piperidine rings is 1. The van der Waals surface area contributed by atoms with E-state index in [1.807, 2.05) is 9.80 Å². The lowest BCUT2D eigenvalue weighted by Gasteiger charge is -2.34. The molecule has 2 fully saturated rings. The van der Waals surface area contributed by atoms with Crippen LogP contribution in [0.15, 0.2) is 12.1 Å². The average molecular weight is 386 g/mol. The molecule has 1 unspecified atom stereocenters. The average Bonchev–Trinajstić information content (AvgIpc) is 3.16. The van der Waals surface area contributed by atoms with Crippen molar-refractivity contribution in [3.63, 3.8) is 0 Å². The molecule has 0 radical (unpaired) electrons. The Hall–Kier alpha value is -2.31. The van der Waals surface area contributed by atoms with Crippen LogP contribution in [-0.4, -0.2) is 64.6 Å². The number of fused-ring (bicyclic) bond motifs is 1. The monoisotopic (exact) mass is 386 g/mol. The third-order valence-electron chi connectivity index (χ3n) is 6.35. The number of rotatable bonds is 4. The molecule has 7 heteroatoms. The van der Waals surface area contributed by atoms with Crippen LogP contribution in [0.2, 0.25) is 0 Å². The number of aromatic nitrogens is 1. The fourth-order valence-electron chi connectivity index (χ4n) is 4.73. The quantitative estimate of drug-likeness (QED) is 0.831. The molecule has 7 nitrogen and oxygen atoms in total. The maximum atomic E-state index is 12.8. The largest absolute Gasteiger partial charge is 0.481 e. The SMILES string of the molecule is O=C(O)CC1CCN(C(=O)N2CCC(Cc3ccc4c(n3)NCCC4)C2)CC1.